The SMILES string of the molecule is CC(=O)OC1=C(Cl)C(=O)c2c(O)cccc2C1=O. The van der Waals surface area contributed by atoms with E-state index in [-0.39, 0.29) is 16.9 Å². The third kappa shape index (κ3) is 1.78. The van der Waals surface area contributed by atoms with Crippen molar-refractivity contribution in [3.05, 3.63) is 40.1 Å². The van der Waals surface area contributed by atoms with Gasteiger partial charge in [-0.25, -0.2) is 0 Å². The van der Waals surface area contributed by atoms with Crippen LogP contribution < -0.4 is 0 Å². The van der Waals surface area contributed by atoms with Crippen LogP contribution in [-0.4, -0.2) is 22.6 Å². The van der Waals surface area contributed by atoms with Crippen molar-refractivity contribution < 1.29 is 24.2 Å². The number of hydrogen-bond donors (Lipinski definition) is 1. The van der Waals surface area contributed by atoms with Crippen LogP contribution in [0.3, 0.4) is 0 Å². The van der Waals surface area contributed by atoms with Gasteiger partial charge in [0.05, 0.1) is 5.56 Å². The highest BCUT2D eigenvalue weighted by Gasteiger charge is 2.35. The summed E-state index contributed by atoms with van der Waals surface area (Å²) in [5.41, 5.74) is -0.218. The Hall–Kier alpha value is -2.14. The third-order valence-corrected chi connectivity index (χ3v) is 2.71. The highest BCUT2D eigenvalue weighted by atomic mass is 35.5. The minimum atomic E-state index is -0.757. The monoisotopic (exact) mass is 266 g/mol. The molecule has 1 aliphatic carbocycles. The molecule has 0 radical (unpaired) electrons. The lowest BCUT2D eigenvalue weighted by Gasteiger charge is -2.17. The molecule has 0 bridgehead atoms. The number of ketones is 2. The van der Waals surface area contributed by atoms with Crippen molar-refractivity contribution in [3.63, 3.8) is 0 Å². The summed E-state index contributed by atoms with van der Waals surface area (Å²) >= 11 is 5.69. The summed E-state index contributed by atoms with van der Waals surface area (Å²) in [5.74, 6) is -3.06. The Balaban J connectivity index is 2.64. The molecule has 5 nitrogen and oxygen atoms in total. The van der Waals surface area contributed by atoms with E-state index in [1.807, 2.05) is 0 Å². The molecule has 0 spiro atoms. The van der Waals surface area contributed by atoms with Gasteiger partial charge in [0.2, 0.25) is 17.3 Å². The lowest BCUT2D eigenvalue weighted by Crippen LogP contribution is -2.22. The first-order valence-electron chi connectivity index (χ1n) is 4.93. The third-order valence-electron chi connectivity index (χ3n) is 2.36. The minimum absolute atomic E-state index is 0.0411. The number of ether oxygens (including phenoxy) is 1. The average molecular weight is 267 g/mol. The Kier molecular flexibility index (Phi) is 2.92. The number of halogens is 1. The highest BCUT2D eigenvalue weighted by molar-refractivity contribution is 6.50. The zero-order valence-electron chi connectivity index (χ0n) is 9.19. The summed E-state index contributed by atoms with van der Waals surface area (Å²) in [6.45, 7) is 1.09. The fourth-order valence-electron chi connectivity index (χ4n) is 1.64. The molecule has 0 heterocycles. The molecule has 0 amide bonds. The maximum absolute atomic E-state index is 12.0. The molecule has 6 heteroatoms. The van der Waals surface area contributed by atoms with E-state index in [9.17, 15) is 19.5 Å². The van der Waals surface area contributed by atoms with Gasteiger partial charge < -0.3 is 9.84 Å². The standard InChI is InChI=1S/C12H7ClO5/c1-5(14)18-12-9(13)11(17)8-6(10(12)16)3-2-4-7(8)15/h2-4,15H,1H3. The quantitative estimate of drug-likeness (QED) is 0.784. The first-order chi connectivity index (χ1) is 8.43. The van der Waals surface area contributed by atoms with Crippen LogP contribution in [-0.2, 0) is 9.53 Å². The zero-order chi connectivity index (χ0) is 13.4. The van der Waals surface area contributed by atoms with Gasteiger partial charge in [0.1, 0.15) is 10.8 Å². The second-order valence-corrected chi connectivity index (χ2v) is 3.97. The Morgan fingerprint density at radius 2 is 1.94 bits per heavy atom. The van der Waals surface area contributed by atoms with Crippen LogP contribution in [0.15, 0.2) is 29.0 Å². The van der Waals surface area contributed by atoms with Crippen LogP contribution in [0.25, 0.3) is 0 Å². The number of fused-ring (bicyclic) bond motifs is 1. The zero-order valence-corrected chi connectivity index (χ0v) is 9.95. The number of esters is 1. The second kappa shape index (κ2) is 4.27. The number of carbonyl (C=O) groups is 3. The largest absolute Gasteiger partial charge is 0.507 e. The van der Waals surface area contributed by atoms with Crippen molar-refractivity contribution in [2.45, 2.75) is 6.92 Å². The number of phenolic OH excluding ortho intramolecular Hbond substituents is 1. The lowest BCUT2D eigenvalue weighted by molar-refractivity contribution is -0.136. The highest BCUT2D eigenvalue weighted by Crippen LogP contribution is 2.33. The maximum Gasteiger partial charge on any atom is 0.308 e. The summed E-state index contributed by atoms with van der Waals surface area (Å²) in [5, 5.41) is 9.06. The van der Waals surface area contributed by atoms with E-state index < -0.39 is 28.3 Å². The fraction of sp³-hybridized carbons (Fsp3) is 0.0833. The first kappa shape index (κ1) is 12.3. The Labute approximate surface area is 107 Å². The van der Waals surface area contributed by atoms with Crippen LogP contribution in [0.2, 0.25) is 0 Å². The molecule has 0 unspecified atom stereocenters. The molecule has 92 valence electrons. The van der Waals surface area contributed by atoms with Gasteiger partial charge >= 0.3 is 5.97 Å². The van der Waals surface area contributed by atoms with E-state index in [4.69, 9.17) is 11.6 Å². The van der Waals surface area contributed by atoms with E-state index in [0.29, 0.717) is 0 Å². The molecule has 1 aromatic rings. The number of allylic oxidation sites excluding steroid dienone is 2. The van der Waals surface area contributed by atoms with E-state index in [2.05, 4.69) is 4.74 Å². The fourth-order valence-corrected chi connectivity index (χ4v) is 1.86. The number of rotatable bonds is 1. The van der Waals surface area contributed by atoms with Gasteiger partial charge in [-0.15, -0.1) is 0 Å². The predicted molar refractivity (Wildman–Crippen MR) is 61.4 cm³/mol. The summed E-state index contributed by atoms with van der Waals surface area (Å²) in [6.07, 6.45) is 0. The van der Waals surface area contributed by atoms with Gasteiger partial charge in [-0.3, -0.25) is 14.4 Å². The number of phenols is 1. The van der Waals surface area contributed by atoms with Gasteiger partial charge in [-0.2, -0.15) is 0 Å². The Morgan fingerprint density at radius 3 is 2.56 bits per heavy atom. The number of Topliss-reactive ketones (excluding diaryl/α,β-unsaturated/α-hetero) is 2. The lowest BCUT2D eigenvalue weighted by atomic mass is 9.92. The molecule has 2 rings (SSSR count). The van der Waals surface area contributed by atoms with Crippen molar-refractivity contribution in [2.75, 3.05) is 0 Å². The minimum Gasteiger partial charge on any atom is -0.507 e. The molecule has 0 aromatic heterocycles. The van der Waals surface area contributed by atoms with Crippen LogP contribution in [0, 0.1) is 0 Å². The predicted octanol–water partition coefficient (Wildman–Crippen LogP) is 1.78. The summed E-state index contributed by atoms with van der Waals surface area (Å²) in [7, 11) is 0. The van der Waals surface area contributed by atoms with Gasteiger partial charge in [-0.05, 0) is 12.1 Å². The average Bonchev–Trinajstić information content (AvgIpc) is 2.31. The number of benzene rings is 1. The van der Waals surface area contributed by atoms with Crippen molar-refractivity contribution >= 4 is 29.1 Å². The van der Waals surface area contributed by atoms with Gasteiger partial charge in [0, 0.05) is 12.5 Å². The molecular formula is C12H7ClO5. The van der Waals surface area contributed by atoms with E-state index in [0.717, 1.165) is 6.92 Å². The molecule has 18 heavy (non-hydrogen) atoms. The first-order valence-corrected chi connectivity index (χ1v) is 5.31. The summed E-state index contributed by atoms with van der Waals surface area (Å²) in [4.78, 5) is 34.7. The number of hydrogen-bond acceptors (Lipinski definition) is 5. The number of carbonyl (C=O) groups excluding carboxylic acids is 3. The van der Waals surface area contributed by atoms with Crippen LogP contribution in [0.1, 0.15) is 27.6 Å². The molecular weight excluding hydrogens is 260 g/mol. The molecule has 1 aliphatic rings. The van der Waals surface area contributed by atoms with E-state index >= 15 is 0 Å². The number of aromatic hydroxyl groups is 1. The van der Waals surface area contributed by atoms with E-state index in [1.165, 1.54) is 18.2 Å². The van der Waals surface area contributed by atoms with Crippen molar-refractivity contribution in [1.29, 1.82) is 0 Å². The molecule has 0 aliphatic heterocycles. The molecule has 1 aromatic carbocycles. The van der Waals surface area contributed by atoms with Gasteiger partial charge in [0.25, 0.3) is 0 Å². The van der Waals surface area contributed by atoms with Gasteiger partial charge in [-0.1, -0.05) is 17.7 Å². The summed E-state index contributed by atoms with van der Waals surface area (Å²) < 4.78 is 4.64. The smallest absolute Gasteiger partial charge is 0.308 e. The Bertz CT molecular complexity index is 615. The molecule has 0 saturated carbocycles. The molecule has 0 saturated heterocycles. The molecule has 0 fully saturated rings. The normalized spacial score (nSPS) is 14.6. The van der Waals surface area contributed by atoms with Crippen molar-refractivity contribution in [2.24, 2.45) is 0 Å². The van der Waals surface area contributed by atoms with Crippen LogP contribution in [0.5, 0.6) is 5.75 Å². The molecule has 0 atom stereocenters. The topological polar surface area (TPSA) is 80.7 Å². The Morgan fingerprint density at radius 1 is 1.28 bits per heavy atom. The van der Waals surface area contributed by atoms with E-state index in [1.54, 1.807) is 0 Å². The molecule has 1 N–H and O–H groups in total. The van der Waals surface area contributed by atoms with Crippen LogP contribution in [0.4, 0.5) is 0 Å². The second-order valence-electron chi connectivity index (χ2n) is 3.59. The van der Waals surface area contributed by atoms with Crippen molar-refractivity contribution in [3.8, 4) is 5.75 Å². The maximum atomic E-state index is 12.0. The van der Waals surface area contributed by atoms with Crippen molar-refractivity contribution in [1.82, 2.24) is 0 Å². The summed E-state index contributed by atoms with van der Waals surface area (Å²) in [6, 6.07) is 4.02. The van der Waals surface area contributed by atoms with Gasteiger partial charge in [0.15, 0.2) is 0 Å². The van der Waals surface area contributed by atoms with Crippen LogP contribution >= 0.6 is 11.6 Å².